The predicted octanol–water partition coefficient (Wildman–Crippen LogP) is 7.54. The van der Waals surface area contributed by atoms with Gasteiger partial charge in [-0.15, -0.1) is 11.8 Å². The zero-order valence-electron chi connectivity index (χ0n) is 17.3. The number of allylic oxidation sites excluding steroid dienone is 2. The number of pyridine rings is 1. The maximum absolute atomic E-state index is 14.8. The van der Waals surface area contributed by atoms with Crippen molar-refractivity contribution in [3.8, 4) is 11.1 Å². The summed E-state index contributed by atoms with van der Waals surface area (Å²) in [6.45, 7) is 1.83. The van der Waals surface area contributed by atoms with Gasteiger partial charge in [0.15, 0.2) is 11.6 Å². The molecule has 1 aliphatic carbocycles. The number of benzene rings is 2. The minimum atomic E-state index is -4.76. The van der Waals surface area contributed by atoms with E-state index in [9.17, 15) is 22.0 Å². The highest BCUT2D eigenvalue weighted by Gasteiger charge is 2.48. The summed E-state index contributed by atoms with van der Waals surface area (Å²) in [5, 5.41) is -0.223. The lowest BCUT2D eigenvalue weighted by atomic mass is 9.86. The van der Waals surface area contributed by atoms with E-state index in [1.54, 1.807) is 34.9 Å². The van der Waals surface area contributed by atoms with Crippen LogP contribution in [-0.2, 0) is 6.18 Å². The highest BCUT2D eigenvalue weighted by Crippen LogP contribution is 2.56. The molecule has 0 saturated carbocycles. The number of hydrogen-bond acceptors (Lipinski definition) is 3. The first-order valence-electron chi connectivity index (χ1n) is 10.1. The Bertz CT molecular complexity index is 1280. The van der Waals surface area contributed by atoms with Gasteiger partial charge in [-0.1, -0.05) is 48.6 Å². The summed E-state index contributed by atoms with van der Waals surface area (Å²) in [4.78, 5) is 5.84. The fourth-order valence-corrected chi connectivity index (χ4v) is 5.75. The quantitative estimate of drug-likeness (QED) is 0.359. The second kappa shape index (κ2) is 7.73. The normalized spacial score (nSPS) is 21.6. The van der Waals surface area contributed by atoms with Gasteiger partial charge in [0, 0.05) is 10.5 Å². The Morgan fingerprint density at radius 1 is 0.970 bits per heavy atom. The second-order valence-corrected chi connectivity index (χ2v) is 9.17. The Hall–Kier alpha value is -3.13. The van der Waals surface area contributed by atoms with Crippen LogP contribution < -0.4 is 4.90 Å². The minimum absolute atomic E-state index is 0.188. The molecule has 2 aromatic carbocycles. The van der Waals surface area contributed by atoms with Crippen LogP contribution >= 0.6 is 11.8 Å². The molecule has 2 atom stereocenters. The Balaban J connectivity index is 1.90. The molecule has 0 saturated heterocycles. The molecular formula is C25H17F5N2S. The third-order valence-electron chi connectivity index (χ3n) is 5.94. The van der Waals surface area contributed by atoms with Crippen molar-refractivity contribution in [3.05, 3.63) is 96.4 Å². The highest BCUT2D eigenvalue weighted by molar-refractivity contribution is 8.00. The first kappa shape index (κ1) is 21.7. The molecular weight excluding hydrogens is 455 g/mol. The van der Waals surface area contributed by atoms with Gasteiger partial charge in [-0.25, -0.2) is 8.78 Å². The number of thioether (sulfide) groups is 1. The zero-order chi connectivity index (χ0) is 23.4. The summed E-state index contributed by atoms with van der Waals surface area (Å²) in [5.41, 5.74) is -2.39. The third kappa shape index (κ3) is 3.44. The smallest absolute Gasteiger partial charge is 0.329 e. The Labute approximate surface area is 191 Å². The third-order valence-corrected chi connectivity index (χ3v) is 7.42. The number of fused-ring (bicyclic) bond motifs is 2. The summed E-state index contributed by atoms with van der Waals surface area (Å²) in [7, 11) is 0. The lowest BCUT2D eigenvalue weighted by Crippen LogP contribution is -2.53. The van der Waals surface area contributed by atoms with Gasteiger partial charge in [-0.05, 0) is 25.1 Å². The Kier molecular flexibility index (Phi) is 5.08. The molecule has 1 aromatic heterocycles. The molecule has 2 unspecified atom stereocenters. The summed E-state index contributed by atoms with van der Waals surface area (Å²) >= 11 is 1.54. The van der Waals surface area contributed by atoms with Crippen LogP contribution in [-0.4, -0.2) is 15.8 Å². The standard InChI is InChI=1S/C25H17F5N2S/c1-24-12-5-4-11-21(24)33-20-10-3-2-9-19(20)32(24)23-15(7-6-8-16(23)25(28,29)30)22-17(26)13-31-14-18(22)27/h2-14,21H,1H3. The van der Waals surface area contributed by atoms with Crippen LogP contribution in [0.5, 0.6) is 0 Å². The van der Waals surface area contributed by atoms with Crippen molar-refractivity contribution in [3.63, 3.8) is 0 Å². The molecule has 0 amide bonds. The highest BCUT2D eigenvalue weighted by atomic mass is 32.2. The molecule has 0 radical (unpaired) electrons. The van der Waals surface area contributed by atoms with Crippen LogP contribution in [0, 0.1) is 11.6 Å². The lowest BCUT2D eigenvalue weighted by molar-refractivity contribution is -0.137. The van der Waals surface area contributed by atoms with E-state index in [1.165, 1.54) is 12.1 Å². The molecule has 2 aliphatic rings. The van der Waals surface area contributed by atoms with Crippen molar-refractivity contribution in [2.24, 2.45) is 0 Å². The molecule has 0 fully saturated rings. The van der Waals surface area contributed by atoms with Crippen molar-refractivity contribution in [1.29, 1.82) is 0 Å². The number of alkyl halides is 3. The lowest BCUT2D eigenvalue weighted by Gasteiger charge is -2.51. The van der Waals surface area contributed by atoms with E-state index in [4.69, 9.17) is 0 Å². The van der Waals surface area contributed by atoms with Gasteiger partial charge in [-0.3, -0.25) is 4.98 Å². The Morgan fingerprint density at radius 3 is 2.42 bits per heavy atom. The molecule has 33 heavy (non-hydrogen) atoms. The van der Waals surface area contributed by atoms with Crippen molar-refractivity contribution in [2.75, 3.05) is 4.90 Å². The van der Waals surface area contributed by atoms with Crippen LogP contribution in [0.25, 0.3) is 11.1 Å². The molecule has 8 heteroatoms. The zero-order valence-corrected chi connectivity index (χ0v) is 18.1. The van der Waals surface area contributed by atoms with Crippen molar-refractivity contribution in [2.45, 2.75) is 28.8 Å². The van der Waals surface area contributed by atoms with Crippen LogP contribution in [0.4, 0.5) is 33.3 Å². The van der Waals surface area contributed by atoms with Gasteiger partial charge in [-0.2, -0.15) is 13.2 Å². The first-order valence-corrected chi connectivity index (χ1v) is 11.0. The molecule has 0 N–H and O–H groups in total. The monoisotopic (exact) mass is 472 g/mol. The number of halogens is 5. The molecule has 0 spiro atoms. The van der Waals surface area contributed by atoms with Crippen LogP contribution in [0.2, 0.25) is 0 Å². The average Bonchev–Trinajstić information content (AvgIpc) is 2.76. The summed E-state index contributed by atoms with van der Waals surface area (Å²) in [5.74, 6) is -2.06. The Morgan fingerprint density at radius 2 is 1.70 bits per heavy atom. The van der Waals surface area contributed by atoms with E-state index >= 15 is 0 Å². The minimum Gasteiger partial charge on any atom is -0.329 e. The summed E-state index contributed by atoms with van der Waals surface area (Å²) in [6, 6.07) is 10.5. The van der Waals surface area contributed by atoms with Crippen LogP contribution in [0.15, 0.2) is 84.1 Å². The van der Waals surface area contributed by atoms with E-state index in [0.717, 1.165) is 23.4 Å². The van der Waals surface area contributed by atoms with E-state index < -0.39 is 34.5 Å². The van der Waals surface area contributed by atoms with Crippen LogP contribution in [0.1, 0.15) is 12.5 Å². The molecule has 2 heterocycles. The first-order chi connectivity index (χ1) is 15.7. The fourth-order valence-electron chi connectivity index (χ4n) is 4.45. The van der Waals surface area contributed by atoms with E-state index in [-0.39, 0.29) is 16.5 Å². The summed E-state index contributed by atoms with van der Waals surface area (Å²) < 4.78 is 72.7. The number of nitrogens with zero attached hydrogens (tertiary/aromatic N) is 2. The molecule has 1 aliphatic heterocycles. The van der Waals surface area contributed by atoms with E-state index in [0.29, 0.717) is 5.69 Å². The number of para-hydroxylation sites is 2. The number of anilines is 2. The van der Waals surface area contributed by atoms with Crippen molar-refractivity contribution < 1.29 is 22.0 Å². The second-order valence-electron chi connectivity index (χ2n) is 7.99. The molecule has 0 bridgehead atoms. The average molecular weight is 472 g/mol. The molecule has 5 rings (SSSR count). The topological polar surface area (TPSA) is 16.1 Å². The van der Waals surface area contributed by atoms with Crippen LogP contribution in [0.3, 0.4) is 0 Å². The van der Waals surface area contributed by atoms with Gasteiger partial charge in [0.25, 0.3) is 0 Å². The molecule has 3 aromatic rings. The van der Waals surface area contributed by atoms with Gasteiger partial charge in [0.05, 0.1) is 45.7 Å². The number of hydrogen-bond donors (Lipinski definition) is 0. The van der Waals surface area contributed by atoms with Gasteiger partial charge < -0.3 is 4.90 Å². The van der Waals surface area contributed by atoms with E-state index in [1.807, 2.05) is 37.3 Å². The number of aromatic nitrogens is 1. The fraction of sp³-hybridized carbons (Fsp3) is 0.160. The van der Waals surface area contributed by atoms with Crippen molar-refractivity contribution >= 4 is 23.1 Å². The SMILES string of the molecule is CC12C=CC=CC1Sc1ccccc1N2c1c(-c2c(F)cncc2F)cccc1C(F)(F)F. The maximum Gasteiger partial charge on any atom is 0.418 e. The van der Waals surface area contributed by atoms with Gasteiger partial charge in [0.1, 0.15) is 0 Å². The molecule has 2 nitrogen and oxygen atoms in total. The van der Waals surface area contributed by atoms with Gasteiger partial charge >= 0.3 is 6.18 Å². The van der Waals surface area contributed by atoms with Crippen molar-refractivity contribution in [1.82, 2.24) is 4.98 Å². The van der Waals surface area contributed by atoms with E-state index in [2.05, 4.69) is 4.98 Å². The van der Waals surface area contributed by atoms with Gasteiger partial charge in [0.2, 0.25) is 0 Å². The summed E-state index contributed by atoms with van der Waals surface area (Å²) in [6.07, 6.45) is 4.23. The predicted molar refractivity (Wildman–Crippen MR) is 120 cm³/mol. The largest absolute Gasteiger partial charge is 0.418 e. The number of rotatable bonds is 2. The maximum atomic E-state index is 14.8. The molecule has 168 valence electrons.